The Hall–Kier alpha value is -1.13. The number of benzene rings is 1. The molecule has 0 aliphatic heterocycles. The predicted octanol–water partition coefficient (Wildman–Crippen LogP) is 3.67. The quantitative estimate of drug-likeness (QED) is 0.655. The van der Waals surface area contributed by atoms with Crippen molar-refractivity contribution in [3.63, 3.8) is 0 Å². The van der Waals surface area contributed by atoms with Crippen LogP contribution in [0.15, 0.2) is 18.2 Å². The molecule has 1 aliphatic carbocycles. The molecule has 4 nitrogen and oxygen atoms in total. The fraction of sp³-hybridized carbons (Fsp3) is 0.538. The van der Waals surface area contributed by atoms with Crippen molar-refractivity contribution >= 4 is 17.3 Å². The molecule has 1 aromatic carbocycles. The summed E-state index contributed by atoms with van der Waals surface area (Å²) in [5.74, 6) is 0. The highest BCUT2D eigenvalue weighted by molar-refractivity contribution is 6.32. The fourth-order valence-corrected chi connectivity index (χ4v) is 2.54. The minimum absolute atomic E-state index is 0.0184. The molecule has 1 aliphatic rings. The van der Waals surface area contributed by atoms with Crippen LogP contribution < -0.4 is 5.32 Å². The van der Waals surface area contributed by atoms with Crippen molar-refractivity contribution in [2.24, 2.45) is 0 Å². The van der Waals surface area contributed by atoms with Crippen molar-refractivity contribution in [1.29, 1.82) is 0 Å². The van der Waals surface area contributed by atoms with Crippen LogP contribution >= 0.6 is 11.6 Å². The average Bonchev–Trinajstić information content (AvgIpc) is 2.30. The van der Waals surface area contributed by atoms with Gasteiger partial charge in [-0.3, -0.25) is 10.1 Å². The molecule has 1 aromatic rings. The molecule has 0 saturated heterocycles. The van der Waals surface area contributed by atoms with Gasteiger partial charge in [0, 0.05) is 18.2 Å². The van der Waals surface area contributed by atoms with Gasteiger partial charge in [-0.25, -0.2) is 0 Å². The van der Waals surface area contributed by atoms with Crippen LogP contribution in [0.3, 0.4) is 0 Å². The first-order chi connectivity index (χ1) is 8.56. The van der Waals surface area contributed by atoms with E-state index in [1.165, 1.54) is 19.3 Å². The van der Waals surface area contributed by atoms with Crippen molar-refractivity contribution in [2.45, 2.75) is 44.7 Å². The number of nitro groups is 1. The monoisotopic (exact) mass is 268 g/mol. The smallest absolute Gasteiger partial charge is 0.288 e. The van der Waals surface area contributed by atoms with Crippen molar-refractivity contribution < 1.29 is 4.92 Å². The molecule has 18 heavy (non-hydrogen) atoms. The third kappa shape index (κ3) is 2.65. The Kier molecular flexibility index (Phi) is 3.88. The average molecular weight is 269 g/mol. The van der Waals surface area contributed by atoms with E-state index in [0.717, 1.165) is 12.0 Å². The molecule has 0 heterocycles. The van der Waals surface area contributed by atoms with Crippen LogP contribution in [-0.2, 0) is 6.54 Å². The first kappa shape index (κ1) is 13.3. The number of hydrogen-bond acceptors (Lipinski definition) is 3. The van der Waals surface area contributed by atoms with Gasteiger partial charge in [-0.05, 0) is 37.3 Å². The van der Waals surface area contributed by atoms with Crippen molar-refractivity contribution in [1.82, 2.24) is 5.32 Å². The van der Waals surface area contributed by atoms with Crippen LogP contribution in [0, 0.1) is 10.1 Å². The minimum Gasteiger partial charge on any atom is -0.307 e. The van der Waals surface area contributed by atoms with Gasteiger partial charge in [0.2, 0.25) is 0 Å². The summed E-state index contributed by atoms with van der Waals surface area (Å²) in [6, 6.07) is 4.98. The van der Waals surface area contributed by atoms with Gasteiger partial charge in [-0.15, -0.1) is 0 Å². The summed E-state index contributed by atoms with van der Waals surface area (Å²) in [5.41, 5.74) is 1.13. The van der Waals surface area contributed by atoms with E-state index in [1.54, 1.807) is 12.1 Å². The SMILES string of the molecule is CCC1(NCc2ccc(Cl)c([N+](=O)[O-])c2)CCC1. The predicted molar refractivity (Wildman–Crippen MR) is 71.8 cm³/mol. The maximum Gasteiger partial charge on any atom is 0.288 e. The zero-order chi connectivity index (χ0) is 13.2. The third-order valence-corrected chi connectivity index (χ3v) is 4.18. The minimum atomic E-state index is -0.440. The summed E-state index contributed by atoms with van der Waals surface area (Å²) in [4.78, 5) is 10.4. The molecule has 0 radical (unpaired) electrons. The molecule has 0 atom stereocenters. The summed E-state index contributed by atoms with van der Waals surface area (Å²) in [6.45, 7) is 2.84. The second kappa shape index (κ2) is 5.24. The van der Waals surface area contributed by atoms with E-state index in [0.29, 0.717) is 6.54 Å². The van der Waals surface area contributed by atoms with E-state index in [2.05, 4.69) is 12.2 Å². The maximum absolute atomic E-state index is 10.8. The Bertz CT molecular complexity index is 453. The molecule has 1 saturated carbocycles. The molecule has 0 amide bonds. The second-order valence-electron chi connectivity index (χ2n) is 4.88. The fourth-order valence-electron chi connectivity index (χ4n) is 2.36. The summed E-state index contributed by atoms with van der Waals surface area (Å²) in [5, 5.41) is 14.5. The van der Waals surface area contributed by atoms with Crippen LogP contribution in [0.1, 0.15) is 38.2 Å². The number of nitrogens with zero attached hydrogens (tertiary/aromatic N) is 1. The molecular weight excluding hydrogens is 252 g/mol. The Morgan fingerprint density at radius 3 is 2.72 bits per heavy atom. The number of rotatable bonds is 5. The first-order valence-electron chi connectivity index (χ1n) is 6.24. The molecule has 0 unspecified atom stereocenters. The summed E-state index contributed by atoms with van der Waals surface area (Å²) in [7, 11) is 0. The van der Waals surface area contributed by atoms with E-state index in [-0.39, 0.29) is 16.2 Å². The van der Waals surface area contributed by atoms with Gasteiger partial charge in [-0.2, -0.15) is 0 Å². The molecule has 0 spiro atoms. The third-order valence-electron chi connectivity index (χ3n) is 3.86. The van der Waals surface area contributed by atoms with E-state index in [4.69, 9.17) is 11.6 Å². The topological polar surface area (TPSA) is 55.2 Å². The molecule has 0 bridgehead atoms. The van der Waals surface area contributed by atoms with Crippen molar-refractivity contribution in [3.8, 4) is 0 Å². The Morgan fingerprint density at radius 1 is 1.50 bits per heavy atom. The lowest BCUT2D eigenvalue weighted by atomic mass is 9.75. The van der Waals surface area contributed by atoms with E-state index in [9.17, 15) is 10.1 Å². The zero-order valence-electron chi connectivity index (χ0n) is 10.4. The number of hydrogen-bond donors (Lipinski definition) is 1. The van der Waals surface area contributed by atoms with Crippen LogP contribution in [0.25, 0.3) is 0 Å². The van der Waals surface area contributed by atoms with Gasteiger partial charge in [0.1, 0.15) is 5.02 Å². The summed E-state index contributed by atoms with van der Waals surface area (Å²) < 4.78 is 0. The first-order valence-corrected chi connectivity index (χ1v) is 6.62. The van der Waals surface area contributed by atoms with Crippen molar-refractivity contribution in [2.75, 3.05) is 0 Å². The summed E-state index contributed by atoms with van der Waals surface area (Å²) in [6.07, 6.45) is 4.75. The highest BCUT2D eigenvalue weighted by atomic mass is 35.5. The van der Waals surface area contributed by atoms with Gasteiger partial charge in [0.15, 0.2) is 0 Å². The Balaban J connectivity index is 2.06. The van der Waals surface area contributed by atoms with E-state index < -0.39 is 4.92 Å². The highest BCUT2D eigenvalue weighted by Crippen LogP contribution is 2.35. The van der Waals surface area contributed by atoms with Gasteiger partial charge in [-0.1, -0.05) is 24.6 Å². The number of nitrogens with one attached hydrogen (secondary N) is 1. The van der Waals surface area contributed by atoms with Gasteiger partial charge < -0.3 is 5.32 Å². The largest absolute Gasteiger partial charge is 0.307 e. The summed E-state index contributed by atoms with van der Waals surface area (Å²) >= 11 is 5.78. The molecule has 98 valence electrons. The van der Waals surface area contributed by atoms with Crippen LogP contribution in [0.4, 0.5) is 5.69 Å². The highest BCUT2D eigenvalue weighted by Gasteiger charge is 2.34. The lowest BCUT2D eigenvalue weighted by Gasteiger charge is -2.42. The van der Waals surface area contributed by atoms with E-state index >= 15 is 0 Å². The van der Waals surface area contributed by atoms with Gasteiger partial charge >= 0.3 is 0 Å². The van der Waals surface area contributed by atoms with Gasteiger partial charge in [0.25, 0.3) is 5.69 Å². The maximum atomic E-state index is 10.8. The molecule has 1 fully saturated rings. The van der Waals surface area contributed by atoms with Crippen LogP contribution in [0.5, 0.6) is 0 Å². The Morgan fingerprint density at radius 2 is 2.22 bits per heavy atom. The zero-order valence-corrected chi connectivity index (χ0v) is 11.2. The molecule has 5 heteroatoms. The van der Waals surface area contributed by atoms with E-state index in [1.807, 2.05) is 6.07 Å². The lowest BCUT2D eigenvalue weighted by Crippen LogP contribution is -2.49. The molecule has 2 rings (SSSR count). The molecule has 0 aromatic heterocycles. The van der Waals surface area contributed by atoms with Crippen molar-refractivity contribution in [3.05, 3.63) is 38.9 Å². The van der Waals surface area contributed by atoms with Crippen LogP contribution in [0.2, 0.25) is 5.02 Å². The normalized spacial score (nSPS) is 17.2. The second-order valence-corrected chi connectivity index (χ2v) is 5.29. The Labute approximate surface area is 111 Å². The van der Waals surface area contributed by atoms with Crippen LogP contribution in [-0.4, -0.2) is 10.5 Å². The number of nitro benzene ring substituents is 1. The standard InChI is InChI=1S/C13H17ClN2O2/c1-2-13(6-3-7-13)15-9-10-4-5-11(14)12(8-10)16(17)18/h4-5,8,15H,2-3,6-7,9H2,1H3. The van der Waals surface area contributed by atoms with Gasteiger partial charge in [0.05, 0.1) is 4.92 Å². The molecular formula is C13H17ClN2O2. The molecule has 1 N–H and O–H groups in total. The number of halogens is 1. The lowest BCUT2D eigenvalue weighted by molar-refractivity contribution is -0.384.